The number of ketones is 2. The van der Waals surface area contributed by atoms with Crippen molar-refractivity contribution in [2.24, 2.45) is 16.8 Å². The summed E-state index contributed by atoms with van der Waals surface area (Å²) in [7, 11) is 0. The van der Waals surface area contributed by atoms with E-state index in [0.29, 0.717) is 25.3 Å². The first kappa shape index (κ1) is 15.6. The van der Waals surface area contributed by atoms with Crippen molar-refractivity contribution >= 4 is 17.8 Å². The van der Waals surface area contributed by atoms with Gasteiger partial charge >= 0.3 is 0 Å². The molecule has 112 valence electrons. The molecule has 0 bridgehead atoms. The average molecular weight is 285 g/mol. The molecule has 0 aliphatic heterocycles. The largest absolute Gasteiger partial charge is 0.298 e. The fourth-order valence-electron chi connectivity index (χ4n) is 2.63. The molecule has 1 saturated carbocycles. The summed E-state index contributed by atoms with van der Waals surface area (Å²) in [5.41, 5.74) is 1.08. The van der Waals surface area contributed by atoms with E-state index in [0.717, 1.165) is 12.0 Å². The Hall–Kier alpha value is -1.77. The van der Waals surface area contributed by atoms with Crippen molar-refractivity contribution in [1.29, 1.82) is 0 Å². The van der Waals surface area contributed by atoms with E-state index < -0.39 is 5.92 Å². The minimum Gasteiger partial charge on any atom is -0.298 e. The fourth-order valence-corrected chi connectivity index (χ4v) is 2.63. The van der Waals surface area contributed by atoms with E-state index in [-0.39, 0.29) is 17.5 Å². The lowest BCUT2D eigenvalue weighted by molar-refractivity contribution is -0.133. The number of hydrogen-bond acceptors (Lipinski definition) is 3. The van der Waals surface area contributed by atoms with E-state index in [1.807, 2.05) is 30.3 Å². The lowest BCUT2D eigenvalue weighted by Crippen LogP contribution is -2.33. The zero-order chi connectivity index (χ0) is 15.2. The maximum atomic E-state index is 12.2. The Morgan fingerprint density at radius 3 is 2.33 bits per heavy atom. The normalized spacial score (nSPS) is 23.2. The molecule has 1 aliphatic carbocycles. The third-order valence-electron chi connectivity index (χ3n) is 3.95. The van der Waals surface area contributed by atoms with Gasteiger partial charge < -0.3 is 0 Å². The molecule has 0 amide bonds. The first-order chi connectivity index (χ1) is 10.1. The summed E-state index contributed by atoms with van der Waals surface area (Å²) in [4.78, 5) is 28.7. The summed E-state index contributed by atoms with van der Waals surface area (Å²) in [6, 6.07) is 9.82. The Kier molecular flexibility index (Phi) is 5.43. The smallest absolute Gasteiger partial charge is 0.149 e. The number of benzene rings is 1. The summed E-state index contributed by atoms with van der Waals surface area (Å²) in [6.45, 7) is 4.96. The summed E-state index contributed by atoms with van der Waals surface area (Å²) in [5, 5.41) is 0. The van der Waals surface area contributed by atoms with Gasteiger partial charge in [-0.1, -0.05) is 44.2 Å². The SMILES string of the molecule is CC(C)CCN=CC1C(=O)CC(c2ccccc2)CC1=O. The van der Waals surface area contributed by atoms with Gasteiger partial charge in [-0.05, 0) is 23.8 Å². The molecule has 1 aromatic carbocycles. The number of Topliss-reactive ketones (excluding diaryl/α,β-unsaturated/α-hetero) is 2. The maximum absolute atomic E-state index is 12.2. The molecule has 1 aliphatic rings. The van der Waals surface area contributed by atoms with Crippen LogP contribution in [0.1, 0.15) is 44.6 Å². The van der Waals surface area contributed by atoms with Gasteiger partial charge in [0.15, 0.2) is 0 Å². The van der Waals surface area contributed by atoms with Crippen molar-refractivity contribution < 1.29 is 9.59 Å². The molecule has 0 saturated heterocycles. The molecule has 0 heterocycles. The standard InChI is InChI=1S/C18H23NO2/c1-13(2)8-9-19-12-16-17(20)10-15(11-18(16)21)14-6-4-3-5-7-14/h3-7,12-13,15-16H,8-11H2,1-2H3. The quantitative estimate of drug-likeness (QED) is 0.614. The Morgan fingerprint density at radius 2 is 1.76 bits per heavy atom. The van der Waals surface area contributed by atoms with Crippen molar-refractivity contribution in [3.05, 3.63) is 35.9 Å². The fraction of sp³-hybridized carbons (Fsp3) is 0.500. The van der Waals surface area contributed by atoms with Gasteiger partial charge in [0.05, 0.1) is 0 Å². The number of hydrogen-bond donors (Lipinski definition) is 0. The highest BCUT2D eigenvalue weighted by Gasteiger charge is 2.34. The van der Waals surface area contributed by atoms with Crippen LogP contribution in [-0.4, -0.2) is 24.3 Å². The van der Waals surface area contributed by atoms with Gasteiger partial charge in [0.1, 0.15) is 17.5 Å². The molecule has 0 N–H and O–H groups in total. The Morgan fingerprint density at radius 1 is 1.14 bits per heavy atom. The van der Waals surface area contributed by atoms with Crippen LogP contribution in [0.3, 0.4) is 0 Å². The lowest BCUT2D eigenvalue weighted by Gasteiger charge is -2.24. The van der Waals surface area contributed by atoms with Crippen LogP contribution in [0.5, 0.6) is 0 Å². The lowest BCUT2D eigenvalue weighted by atomic mass is 9.77. The monoisotopic (exact) mass is 285 g/mol. The van der Waals surface area contributed by atoms with Crippen molar-refractivity contribution in [2.75, 3.05) is 6.54 Å². The van der Waals surface area contributed by atoms with Crippen LogP contribution in [0.2, 0.25) is 0 Å². The summed E-state index contributed by atoms with van der Waals surface area (Å²) in [6.07, 6.45) is 3.44. The highest BCUT2D eigenvalue weighted by molar-refractivity contribution is 6.16. The van der Waals surface area contributed by atoms with Crippen LogP contribution in [-0.2, 0) is 9.59 Å². The van der Waals surface area contributed by atoms with Gasteiger partial charge in [0, 0.05) is 25.6 Å². The van der Waals surface area contributed by atoms with E-state index >= 15 is 0 Å². The van der Waals surface area contributed by atoms with Gasteiger partial charge in [0.2, 0.25) is 0 Å². The topological polar surface area (TPSA) is 46.5 Å². The van der Waals surface area contributed by atoms with Crippen LogP contribution < -0.4 is 0 Å². The first-order valence-electron chi connectivity index (χ1n) is 7.68. The Bertz CT molecular complexity index is 501. The average Bonchev–Trinajstić information content (AvgIpc) is 2.46. The van der Waals surface area contributed by atoms with E-state index in [9.17, 15) is 9.59 Å². The van der Waals surface area contributed by atoms with Crippen LogP contribution in [0.25, 0.3) is 0 Å². The predicted molar refractivity (Wildman–Crippen MR) is 84.7 cm³/mol. The summed E-state index contributed by atoms with van der Waals surface area (Å²) < 4.78 is 0. The zero-order valence-electron chi connectivity index (χ0n) is 12.8. The molecule has 0 atom stereocenters. The van der Waals surface area contributed by atoms with Crippen molar-refractivity contribution in [3.63, 3.8) is 0 Å². The van der Waals surface area contributed by atoms with Gasteiger partial charge in [0.25, 0.3) is 0 Å². The Labute approximate surface area is 126 Å². The molecule has 1 aromatic rings. The summed E-state index contributed by atoms with van der Waals surface area (Å²) >= 11 is 0. The minimum atomic E-state index is -0.614. The van der Waals surface area contributed by atoms with Gasteiger partial charge in [-0.25, -0.2) is 0 Å². The molecule has 1 fully saturated rings. The third kappa shape index (κ3) is 4.35. The second-order valence-corrected chi connectivity index (χ2v) is 6.16. The summed E-state index contributed by atoms with van der Waals surface area (Å²) in [5.74, 6) is 0.0211. The minimum absolute atomic E-state index is 0.00778. The highest BCUT2D eigenvalue weighted by atomic mass is 16.2. The van der Waals surface area contributed by atoms with Crippen LogP contribution in [0, 0.1) is 11.8 Å². The number of carbonyl (C=O) groups excluding carboxylic acids is 2. The molecule has 0 spiro atoms. The number of aliphatic imine (C=N–C) groups is 1. The zero-order valence-corrected chi connectivity index (χ0v) is 12.8. The van der Waals surface area contributed by atoms with Crippen LogP contribution in [0.15, 0.2) is 35.3 Å². The van der Waals surface area contributed by atoms with Crippen molar-refractivity contribution in [1.82, 2.24) is 0 Å². The molecular formula is C18H23NO2. The van der Waals surface area contributed by atoms with E-state index in [1.165, 1.54) is 0 Å². The number of rotatable bonds is 5. The van der Waals surface area contributed by atoms with Crippen molar-refractivity contribution in [3.8, 4) is 0 Å². The van der Waals surface area contributed by atoms with Gasteiger partial charge in [-0.3, -0.25) is 14.6 Å². The van der Waals surface area contributed by atoms with Gasteiger partial charge in [-0.2, -0.15) is 0 Å². The van der Waals surface area contributed by atoms with E-state index in [2.05, 4.69) is 18.8 Å². The van der Waals surface area contributed by atoms with Crippen LogP contribution >= 0.6 is 0 Å². The second kappa shape index (κ2) is 7.30. The molecule has 3 heteroatoms. The molecule has 3 nitrogen and oxygen atoms in total. The predicted octanol–water partition coefficient (Wildman–Crippen LogP) is 3.44. The first-order valence-corrected chi connectivity index (χ1v) is 7.68. The molecule has 0 unspecified atom stereocenters. The maximum Gasteiger partial charge on any atom is 0.149 e. The molecule has 2 rings (SSSR count). The number of nitrogens with zero attached hydrogens (tertiary/aromatic N) is 1. The van der Waals surface area contributed by atoms with Gasteiger partial charge in [-0.15, -0.1) is 0 Å². The van der Waals surface area contributed by atoms with Crippen molar-refractivity contribution in [2.45, 2.75) is 39.0 Å². The molecule has 0 radical (unpaired) electrons. The van der Waals surface area contributed by atoms with Crippen LogP contribution in [0.4, 0.5) is 0 Å². The second-order valence-electron chi connectivity index (χ2n) is 6.16. The highest BCUT2D eigenvalue weighted by Crippen LogP contribution is 2.31. The van der Waals surface area contributed by atoms with E-state index in [1.54, 1.807) is 6.21 Å². The number of carbonyl (C=O) groups is 2. The molecular weight excluding hydrogens is 262 g/mol. The van der Waals surface area contributed by atoms with E-state index in [4.69, 9.17) is 0 Å². The molecule has 0 aromatic heterocycles. The Balaban J connectivity index is 1.97. The third-order valence-corrected chi connectivity index (χ3v) is 3.95. The molecule has 21 heavy (non-hydrogen) atoms.